The monoisotopic (exact) mass is 445 g/mol. The highest BCUT2D eigenvalue weighted by atomic mass is 32.2. The Bertz CT molecular complexity index is 986. The average Bonchev–Trinajstić information content (AvgIpc) is 3.25. The fourth-order valence-corrected chi connectivity index (χ4v) is 5.09. The molecule has 0 aliphatic carbocycles. The number of nitrogens with one attached hydrogen (secondary N) is 1. The second kappa shape index (κ2) is 10.2. The Morgan fingerprint density at radius 3 is 2.39 bits per heavy atom. The third kappa shape index (κ3) is 6.21. The summed E-state index contributed by atoms with van der Waals surface area (Å²) in [6.07, 6.45) is 3.60. The van der Waals surface area contributed by atoms with Gasteiger partial charge in [0.1, 0.15) is 11.8 Å². The zero-order valence-electron chi connectivity index (χ0n) is 18.4. The summed E-state index contributed by atoms with van der Waals surface area (Å²) in [4.78, 5) is 15.2. The summed E-state index contributed by atoms with van der Waals surface area (Å²) in [6.45, 7) is 5.11. The van der Waals surface area contributed by atoms with Crippen molar-refractivity contribution in [3.63, 3.8) is 0 Å². The predicted octanol–water partition coefficient (Wildman–Crippen LogP) is 2.76. The maximum atomic E-state index is 12.8. The van der Waals surface area contributed by atoms with Crippen LogP contribution in [0.5, 0.6) is 5.75 Å². The van der Waals surface area contributed by atoms with Crippen LogP contribution in [0.15, 0.2) is 48.5 Å². The molecule has 1 N–H and O–H groups in total. The van der Waals surface area contributed by atoms with E-state index in [4.69, 9.17) is 4.74 Å². The molecule has 31 heavy (non-hydrogen) atoms. The molecule has 1 amide bonds. The highest BCUT2D eigenvalue weighted by Crippen LogP contribution is 2.24. The van der Waals surface area contributed by atoms with E-state index in [1.807, 2.05) is 12.1 Å². The highest BCUT2D eigenvalue weighted by molar-refractivity contribution is 7.92. The van der Waals surface area contributed by atoms with E-state index < -0.39 is 16.1 Å². The van der Waals surface area contributed by atoms with Crippen molar-refractivity contribution in [2.75, 3.05) is 30.8 Å². The fourth-order valence-electron chi connectivity index (χ4n) is 3.91. The van der Waals surface area contributed by atoms with Gasteiger partial charge in [0.25, 0.3) is 0 Å². The van der Waals surface area contributed by atoms with E-state index in [9.17, 15) is 13.2 Å². The van der Waals surface area contributed by atoms with Crippen molar-refractivity contribution in [3.8, 4) is 5.75 Å². The Labute approximate surface area is 185 Å². The van der Waals surface area contributed by atoms with Crippen LogP contribution in [-0.4, -0.2) is 51.7 Å². The normalized spacial score (nSPS) is 15.5. The van der Waals surface area contributed by atoms with E-state index in [1.54, 1.807) is 38.3 Å². The lowest BCUT2D eigenvalue weighted by Gasteiger charge is -2.28. The first kappa shape index (κ1) is 23.1. The van der Waals surface area contributed by atoms with Gasteiger partial charge in [0.2, 0.25) is 15.9 Å². The number of sulfonamides is 1. The Balaban J connectivity index is 1.66. The lowest BCUT2D eigenvalue weighted by Crippen LogP contribution is -2.47. The third-order valence-corrected chi connectivity index (χ3v) is 6.72. The van der Waals surface area contributed by atoms with Crippen LogP contribution in [0.25, 0.3) is 0 Å². The quantitative estimate of drug-likeness (QED) is 0.642. The second-order valence-corrected chi connectivity index (χ2v) is 9.81. The van der Waals surface area contributed by atoms with Crippen LogP contribution < -0.4 is 14.4 Å². The smallest absolute Gasteiger partial charge is 0.243 e. The lowest BCUT2D eigenvalue weighted by atomic mass is 10.1. The first-order valence-electron chi connectivity index (χ1n) is 10.5. The molecule has 1 atom stereocenters. The molecule has 7 nitrogen and oxygen atoms in total. The molecule has 0 bridgehead atoms. The van der Waals surface area contributed by atoms with Gasteiger partial charge in [0.05, 0.1) is 19.1 Å². The van der Waals surface area contributed by atoms with E-state index in [1.165, 1.54) is 18.4 Å². The molecule has 0 spiro atoms. The van der Waals surface area contributed by atoms with Gasteiger partial charge in [-0.25, -0.2) is 8.42 Å². The molecule has 2 aromatic carbocycles. The van der Waals surface area contributed by atoms with Gasteiger partial charge in [-0.15, -0.1) is 0 Å². The number of nitrogens with zero attached hydrogens (tertiary/aromatic N) is 2. The summed E-state index contributed by atoms with van der Waals surface area (Å²) in [5.41, 5.74) is 2.63. The fraction of sp³-hybridized carbons (Fsp3) is 0.435. The summed E-state index contributed by atoms with van der Waals surface area (Å²) in [5.74, 6) is 0.259. The molecule has 0 saturated carbocycles. The van der Waals surface area contributed by atoms with Gasteiger partial charge in [-0.2, -0.15) is 0 Å². The van der Waals surface area contributed by atoms with E-state index in [0.29, 0.717) is 18.0 Å². The number of methoxy groups -OCH3 is 1. The van der Waals surface area contributed by atoms with Gasteiger partial charge in [0.15, 0.2) is 0 Å². The number of anilines is 1. The van der Waals surface area contributed by atoms with Gasteiger partial charge in [-0.3, -0.25) is 14.0 Å². The van der Waals surface area contributed by atoms with Crippen molar-refractivity contribution in [1.29, 1.82) is 0 Å². The van der Waals surface area contributed by atoms with Crippen LogP contribution in [-0.2, 0) is 27.9 Å². The molecule has 3 rings (SSSR count). The van der Waals surface area contributed by atoms with Crippen molar-refractivity contribution in [1.82, 2.24) is 10.2 Å². The molecular formula is C23H31N3O4S. The van der Waals surface area contributed by atoms with Crippen molar-refractivity contribution >= 4 is 21.6 Å². The maximum Gasteiger partial charge on any atom is 0.243 e. The zero-order chi connectivity index (χ0) is 22.4. The number of hydrogen-bond acceptors (Lipinski definition) is 5. The SMILES string of the molecule is COc1ccc(N(C(C)C(=O)NCc2cccc(CN3CCCC3)c2)S(C)(=O)=O)cc1. The number of rotatable bonds is 9. The van der Waals surface area contributed by atoms with Gasteiger partial charge in [0, 0.05) is 13.1 Å². The van der Waals surface area contributed by atoms with Crippen LogP contribution in [0.2, 0.25) is 0 Å². The minimum absolute atomic E-state index is 0.344. The van der Waals surface area contributed by atoms with E-state index in [0.717, 1.165) is 35.8 Å². The topological polar surface area (TPSA) is 79.0 Å². The highest BCUT2D eigenvalue weighted by Gasteiger charge is 2.29. The maximum absolute atomic E-state index is 12.8. The standard InChI is InChI=1S/C23H31N3O4S/c1-18(26(31(3,28)29)21-9-11-22(30-2)12-10-21)23(27)24-16-19-7-6-8-20(15-19)17-25-13-4-5-14-25/h6-12,15,18H,4-5,13-14,16-17H2,1-3H3,(H,24,27). The van der Waals surface area contributed by atoms with Crippen molar-refractivity contribution < 1.29 is 17.9 Å². The Hall–Kier alpha value is -2.58. The van der Waals surface area contributed by atoms with Crippen LogP contribution in [0.4, 0.5) is 5.69 Å². The minimum atomic E-state index is -3.66. The molecule has 1 aliphatic heterocycles. The second-order valence-electron chi connectivity index (χ2n) is 7.95. The van der Waals surface area contributed by atoms with Gasteiger partial charge < -0.3 is 10.1 Å². The minimum Gasteiger partial charge on any atom is -0.497 e. The van der Waals surface area contributed by atoms with Gasteiger partial charge in [-0.05, 0) is 68.2 Å². The summed E-state index contributed by atoms with van der Waals surface area (Å²) >= 11 is 0. The van der Waals surface area contributed by atoms with Crippen molar-refractivity contribution in [2.24, 2.45) is 0 Å². The van der Waals surface area contributed by atoms with Crippen LogP contribution in [0.3, 0.4) is 0 Å². The van der Waals surface area contributed by atoms with Gasteiger partial charge in [-0.1, -0.05) is 24.3 Å². The molecule has 0 aromatic heterocycles. The molecule has 1 aliphatic rings. The number of ether oxygens (including phenoxy) is 1. The van der Waals surface area contributed by atoms with Crippen LogP contribution in [0.1, 0.15) is 30.9 Å². The zero-order valence-corrected chi connectivity index (χ0v) is 19.2. The molecular weight excluding hydrogens is 414 g/mol. The van der Waals surface area contributed by atoms with Crippen molar-refractivity contribution in [3.05, 3.63) is 59.7 Å². The average molecular weight is 446 g/mol. The first-order valence-corrected chi connectivity index (χ1v) is 12.3. The number of carbonyl (C=O) groups excluding carboxylic acids is 1. The van der Waals surface area contributed by atoms with Crippen molar-refractivity contribution in [2.45, 2.75) is 38.9 Å². The number of likely N-dealkylation sites (tertiary alicyclic amines) is 1. The number of benzene rings is 2. The van der Waals surface area contributed by atoms with Gasteiger partial charge >= 0.3 is 0 Å². The third-order valence-electron chi connectivity index (χ3n) is 5.48. The molecule has 1 heterocycles. The molecule has 2 aromatic rings. The summed E-state index contributed by atoms with van der Waals surface area (Å²) in [7, 11) is -2.12. The summed E-state index contributed by atoms with van der Waals surface area (Å²) in [6, 6.07) is 13.9. The largest absolute Gasteiger partial charge is 0.497 e. The number of amides is 1. The Kier molecular flexibility index (Phi) is 7.56. The molecule has 1 saturated heterocycles. The molecule has 0 radical (unpaired) electrons. The van der Waals surface area contributed by atoms with Crippen LogP contribution >= 0.6 is 0 Å². The first-order chi connectivity index (χ1) is 14.8. The Morgan fingerprint density at radius 1 is 1.13 bits per heavy atom. The molecule has 1 unspecified atom stereocenters. The molecule has 1 fully saturated rings. The van der Waals surface area contributed by atoms with E-state index in [2.05, 4.69) is 22.3 Å². The van der Waals surface area contributed by atoms with E-state index >= 15 is 0 Å². The molecule has 168 valence electrons. The summed E-state index contributed by atoms with van der Waals surface area (Å²) < 4.78 is 31.1. The summed E-state index contributed by atoms with van der Waals surface area (Å²) in [5, 5.41) is 2.88. The van der Waals surface area contributed by atoms with E-state index in [-0.39, 0.29) is 5.91 Å². The molecule has 8 heteroatoms. The Morgan fingerprint density at radius 2 is 1.77 bits per heavy atom. The lowest BCUT2D eigenvalue weighted by molar-refractivity contribution is -0.122. The number of carbonyl (C=O) groups is 1. The number of hydrogen-bond donors (Lipinski definition) is 1. The van der Waals surface area contributed by atoms with Crippen LogP contribution in [0, 0.1) is 0 Å². The predicted molar refractivity (Wildman–Crippen MR) is 123 cm³/mol.